The van der Waals surface area contributed by atoms with Crippen LogP contribution in [0.5, 0.6) is 0 Å². The first-order valence-corrected chi connectivity index (χ1v) is 7.48. The second-order valence-electron chi connectivity index (χ2n) is 3.01. The van der Waals surface area contributed by atoms with Crippen molar-refractivity contribution in [1.82, 2.24) is 12.7 Å². The molecule has 0 amide bonds. The summed E-state index contributed by atoms with van der Waals surface area (Å²) < 4.78 is 34.1. The Labute approximate surface area is 98.6 Å². The van der Waals surface area contributed by atoms with Gasteiger partial charge in [0.05, 0.1) is 0 Å². The number of aromatic nitrogens is 2. The standard InChI is InChI=1S/C8H9N3O3SSe/c12-5-4-9-15(13,14)7-3-1-2-6-8(7)11-16-10-6/h1-3,9,12H,4-5H2. The molecule has 0 aliphatic rings. The van der Waals surface area contributed by atoms with Gasteiger partial charge >= 0.3 is 98.5 Å². The van der Waals surface area contributed by atoms with Crippen LogP contribution >= 0.6 is 0 Å². The molecule has 86 valence electrons. The molecule has 0 unspecified atom stereocenters. The predicted molar refractivity (Wildman–Crippen MR) is 58.8 cm³/mol. The van der Waals surface area contributed by atoms with E-state index in [1.54, 1.807) is 12.1 Å². The monoisotopic (exact) mass is 307 g/mol. The molecule has 0 atom stereocenters. The van der Waals surface area contributed by atoms with Crippen LogP contribution in [0, 0.1) is 0 Å². The van der Waals surface area contributed by atoms with Crippen LogP contribution in [0.2, 0.25) is 0 Å². The number of fused-ring (bicyclic) bond motifs is 1. The van der Waals surface area contributed by atoms with E-state index in [1.165, 1.54) is 6.07 Å². The fourth-order valence-corrected chi connectivity index (χ4v) is 3.72. The van der Waals surface area contributed by atoms with E-state index >= 15 is 0 Å². The molecule has 1 heterocycles. The molecule has 1 aromatic carbocycles. The van der Waals surface area contributed by atoms with Gasteiger partial charge in [-0.25, -0.2) is 0 Å². The average Bonchev–Trinajstić information content (AvgIpc) is 2.73. The summed E-state index contributed by atoms with van der Waals surface area (Å²) in [6, 6.07) is 4.85. The van der Waals surface area contributed by atoms with E-state index in [4.69, 9.17) is 5.11 Å². The Bertz CT molecular complexity index is 595. The molecular weight excluding hydrogens is 297 g/mol. The predicted octanol–water partition coefficient (Wildman–Crippen LogP) is -1.04. The van der Waals surface area contributed by atoms with Crippen LogP contribution in [0.4, 0.5) is 0 Å². The summed E-state index contributed by atoms with van der Waals surface area (Å²) in [6.45, 7) is -0.242. The number of hydrogen-bond acceptors (Lipinski definition) is 5. The Balaban J connectivity index is 2.50. The van der Waals surface area contributed by atoms with Crippen molar-refractivity contribution in [3.05, 3.63) is 18.2 Å². The van der Waals surface area contributed by atoms with E-state index in [9.17, 15) is 8.42 Å². The molecule has 0 spiro atoms. The van der Waals surface area contributed by atoms with Gasteiger partial charge in [0.25, 0.3) is 0 Å². The molecule has 0 fully saturated rings. The molecule has 2 aromatic rings. The zero-order chi connectivity index (χ0) is 11.6. The maximum absolute atomic E-state index is 11.8. The van der Waals surface area contributed by atoms with Gasteiger partial charge < -0.3 is 0 Å². The second-order valence-corrected chi connectivity index (χ2v) is 5.85. The van der Waals surface area contributed by atoms with Gasteiger partial charge in [-0.3, -0.25) is 0 Å². The van der Waals surface area contributed by atoms with Crippen molar-refractivity contribution in [3.8, 4) is 0 Å². The summed E-state index contributed by atoms with van der Waals surface area (Å²) in [5.41, 5.74) is 1.04. The average molecular weight is 306 g/mol. The molecule has 1 aromatic heterocycles. The summed E-state index contributed by atoms with van der Waals surface area (Å²) in [7, 11) is -3.60. The molecule has 0 aliphatic carbocycles. The first-order chi connectivity index (χ1) is 7.65. The summed E-state index contributed by atoms with van der Waals surface area (Å²) in [6.07, 6.45) is 0. The van der Waals surface area contributed by atoms with Crippen molar-refractivity contribution >= 4 is 36.0 Å². The van der Waals surface area contributed by atoms with Crippen LogP contribution in [0.25, 0.3) is 11.0 Å². The first kappa shape index (κ1) is 11.7. The fraction of sp³-hybridized carbons (Fsp3) is 0.250. The van der Waals surface area contributed by atoms with Gasteiger partial charge in [0.15, 0.2) is 0 Å². The SMILES string of the molecule is O=S(=O)(NCCO)c1cccc2n[se]nc12. The van der Waals surface area contributed by atoms with Gasteiger partial charge in [0.2, 0.25) is 0 Å². The third-order valence-electron chi connectivity index (χ3n) is 1.94. The van der Waals surface area contributed by atoms with E-state index < -0.39 is 10.0 Å². The molecule has 2 N–H and O–H groups in total. The van der Waals surface area contributed by atoms with Gasteiger partial charge in [-0.2, -0.15) is 0 Å². The fourth-order valence-electron chi connectivity index (χ4n) is 1.26. The van der Waals surface area contributed by atoms with Crippen LogP contribution in [0.3, 0.4) is 0 Å². The van der Waals surface area contributed by atoms with Crippen LogP contribution in [0.15, 0.2) is 23.1 Å². The topological polar surface area (TPSA) is 92.2 Å². The van der Waals surface area contributed by atoms with Crippen LogP contribution in [-0.2, 0) is 10.0 Å². The summed E-state index contributed by atoms with van der Waals surface area (Å²) >= 11 is -0.259. The van der Waals surface area contributed by atoms with Crippen molar-refractivity contribution < 1.29 is 13.5 Å². The van der Waals surface area contributed by atoms with Gasteiger partial charge in [-0.15, -0.1) is 0 Å². The second kappa shape index (κ2) is 4.60. The zero-order valence-electron chi connectivity index (χ0n) is 8.12. The molecule has 0 radical (unpaired) electrons. The number of hydrogen-bond donors (Lipinski definition) is 2. The Morgan fingerprint density at radius 2 is 2.19 bits per heavy atom. The van der Waals surface area contributed by atoms with Gasteiger partial charge in [-0.05, 0) is 0 Å². The van der Waals surface area contributed by atoms with Crippen molar-refractivity contribution in [2.75, 3.05) is 13.2 Å². The molecular formula is C8H9N3O3SSe. The van der Waals surface area contributed by atoms with Gasteiger partial charge in [-0.1, -0.05) is 0 Å². The van der Waals surface area contributed by atoms with E-state index in [0.29, 0.717) is 11.0 Å². The normalized spacial score (nSPS) is 12.1. The summed E-state index contributed by atoms with van der Waals surface area (Å²) in [4.78, 5) is 0.126. The Morgan fingerprint density at radius 1 is 1.38 bits per heavy atom. The molecule has 0 bridgehead atoms. The quantitative estimate of drug-likeness (QED) is 0.704. The third-order valence-corrected chi connectivity index (χ3v) is 4.57. The molecule has 0 saturated heterocycles. The van der Waals surface area contributed by atoms with Crippen LogP contribution < -0.4 is 4.72 Å². The van der Waals surface area contributed by atoms with E-state index in [1.807, 2.05) is 0 Å². The minimum atomic E-state index is -3.60. The van der Waals surface area contributed by atoms with Gasteiger partial charge in [0, 0.05) is 0 Å². The minimum absolute atomic E-state index is 0.00567. The number of benzene rings is 1. The first-order valence-electron chi connectivity index (χ1n) is 4.47. The van der Waals surface area contributed by atoms with E-state index in [0.717, 1.165) is 0 Å². The molecule has 16 heavy (non-hydrogen) atoms. The maximum atomic E-state index is 11.8. The van der Waals surface area contributed by atoms with Crippen molar-refractivity contribution in [2.24, 2.45) is 0 Å². The molecule has 2 rings (SSSR count). The summed E-state index contributed by atoms with van der Waals surface area (Å²) in [5, 5.41) is 8.60. The molecule has 0 aliphatic heterocycles. The number of aliphatic hydroxyl groups excluding tert-OH is 1. The number of rotatable bonds is 4. The Morgan fingerprint density at radius 3 is 2.94 bits per heavy atom. The number of sulfonamides is 1. The molecule has 8 heteroatoms. The summed E-state index contributed by atoms with van der Waals surface area (Å²) in [5.74, 6) is 0. The zero-order valence-corrected chi connectivity index (χ0v) is 10.7. The Kier molecular flexibility index (Phi) is 3.36. The van der Waals surface area contributed by atoms with Crippen molar-refractivity contribution in [2.45, 2.75) is 4.90 Å². The van der Waals surface area contributed by atoms with E-state index in [2.05, 4.69) is 12.7 Å². The van der Waals surface area contributed by atoms with E-state index in [-0.39, 0.29) is 33.0 Å². The van der Waals surface area contributed by atoms with Crippen molar-refractivity contribution in [1.29, 1.82) is 0 Å². The Hall–Kier alpha value is -0.791. The number of aliphatic hydroxyl groups is 1. The van der Waals surface area contributed by atoms with Crippen LogP contribution in [0.1, 0.15) is 0 Å². The van der Waals surface area contributed by atoms with Crippen LogP contribution in [-0.4, -0.2) is 49.6 Å². The third kappa shape index (κ3) is 2.16. The number of nitrogens with one attached hydrogen (secondary N) is 1. The number of nitrogens with zero attached hydrogens (tertiary/aromatic N) is 2. The molecule has 0 saturated carbocycles. The van der Waals surface area contributed by atoms with Crippen molar-refractivity contribution in [3.63, 3.8) is 0 Å². The van der Waals surface area contributed by atoms with Gasteiger partial charge in [0.1, 0.15) is 0 Å². The molecule has 6 nitrogen and oxygen atoms in total.